The molecule has 2 unspecified atom stereocenters. The number of carbonyl (C=O) groups excluding carboxylic acids is 1. The van der Waals surface area contributed by atoms with Crippen LogP contribution in [0.25, 0.3) is 0 Å². The summed E-state index contributed by atoms with van der Waals surface area (Å²) in [6.45, 7) is 1.55. The molecule has 1 aromatic carbocycles. The summed E-state index contributed by atoms with van der Waals surface area (Å²) in [6, 6.07) is 3.29. The number of nitrogens with zero attached hydrogens (tertiary/aromatic N) is 1. The Morgan fingerprint density at radius 3 is 2.65 bits per heavy atom. The first-order valence-electron chi connectivity index (χ1n) is 6.09. The number of aliphatic hydroxyl groups excluding tert-OH is 1. The van der Waals surface area contributed by atoms with E-state index in [9.17, 15) is 18.3 Å². The third-order valence-electron chi connectivity index (χ3n) is 3.41. The number of amides is 1. The molecule has 0 aromatic heterocycles. The van der Waals surface area contributed by atoms with E-state index in [1.807, 2.05) is 0 Å². The molecule has 0 radical (unpaired) electrons. The Kier molecular flexibility index (Phi) is 3.72. The molecule has 1 aromatic rings. The van der Waals surface area contributed by atoms with Crippen LogP contribution in [0.1, 0.15) is 12.0 Å². The van der Waals surface area contributed by atoms with Gasteiger partial charge in [-0.15, -0.1) is 0 Å². The van der Waals surface area contributed by atoms with Crippen LogP contribution in [0.15, 0.2) is 23.1 Å². The molecule has 2 rings (SSSR count). The highest BCUT2D eigenvalue weighted by atomic mass is 32.2. The summed E-state index contributed by atoms with van der Waals surface area (Å²) in [4.78, 5) is 11.4. The van der Waals surface area contributed by atoms with E-state index in [4.69, 9.17) is 11.5 Å². The van der Waals surface area contributed by atoms with Gasteiger partial charge in [0.05, 0.1) is 11.0 Å². The molecule has 0 aliphatic carbocycles. The van der Waals surface area contributed by atoms with Crippen molar-refractivity contribution in [2.24, 2.45) is 5.73 Å². The van der Waals surface area contributed by atoms with Gasteiger partial charge in [0.2, 0.25) is 15.9 Å². The zero-order chi connectivity index (χ0) is 15.1. The molecule has 5 N–H and O–H groups in total. The number of carbonyl (C=O) groups is 1. The minimum Gasteiger partial charge on any atom is -0.399 e. The maximum atomic E-state index is 12.5. The van der Waals surface area contributed by atoms with E-state index in [0.717, 1.165) is 4.31 Å². The first-order valence-corrected chi connectivity index (χ1v) is 7.53. The largest absolute Gasteiger partial charge is 0.399 e. The summed E-state index contributed by atoms with van der Waals surface area (Å²) in [7, 11) is -3.89. The number of benzene rings is 1. The summed E-state index contributed by atoms with van der Waals surface area (Å²) < 4.78 is 26.0. The highest BCUT2D eigenvalue weighted by Gasteiger charge is 2.42. The Labute approximate surface area is 117 Å². The fraction of sp³-hybridized carbons (Fsp3) is 0.417. The first-order chi connectivity index (χ1) is 9.23. The van der Waals surface area contributed by atoms with Gasteiger partial charge in [0.15, 0.2) is 0 Å². The van der Waals surface area contributed by atoms with Crippen LogP contribution in [0.4, 0.5) is 5.69 Å². The smallest absolute Gasteiger partial charge is 0.243 e. The zero-order valence-electron chi connectivity index (χ0n) is 11.0. The number of primary amides is 1. The molecule has 110 valence electrons. The molecule has 1 amide bonds. The summed E-state index contributed by atoms with van der Waals surface area (Å²) in [5, 5.41) is 9.59. The molecular weight excluding hydrogens is 282 g/mol. The maximum Gasteiger partial charge on any atom is 0.243 e. The maximum absolute atomic E-state index is 12.5. The monoisotopic (exact) mass is 299 g/mol. The molecule has 0 spiro atoms. The van der Waals surface area contributed by atoms with Gasteiger partial charge in [0.1, 0.15) is 6.04 Å². The van der Waals surface area contributed by atoms with Crippen LogP contribution in [0, 0.1) is 6.92 Å². The minimum absolute atomic E-state index is 0.0164. The van der Waals surface area contributed by atoms with Crippen molar-refractivity contribution in [3.63, 3.8) is 0 Å². The van der Waals surface area contributed by atoms with Crippen LogP contribution in [0.2, 0.25) is 0 Å². The van der Waals surface area contributed by atoms with Gasteiger partial charge >= 0.3 is 0 Å². The van der Waals surface area contributed by atoms with Crippen LogP contribution in [0.3, 0.4) is 0 Å². The quantitative estimate of drug-likeness (QED) is 0.629. The van der Waals surface area contributed by atoms with Gasteiger partial charge in [-0.1, -0.05) is 0 Å². The standard InChI is InChI=1S/C12H17N3O4S/c1-7-4-9(2-3-10(7)13)20(18,19)15-6-8(16)5-11(15)12(14)17/h2-4,8,11,16H,5-6,13H2,1H3,(H2,14,17). The summed E-state index contributed by atoms with van der Waals surface area (Å²) in [5.41, 5.74) is 12.0. The van der Waals surface area contributed by atoms with Crippen molar-refractivity contribution in [1.82, 2.24) is 4.31 Å². The van der Waals surface area contributed by atoms with Gasteiger partial charge in [-0.25, -0.2) is 8.42 Å². The Morgan fingerprint density at radius 2 is 2.10 bits per heavy atom. The molecule has 8 heteroatoms. The highest BCUT2D eigenvalue weighted by Crippen LogP contribution is 2.27. The van der Waals surface area contributed by atoms with E-state index in [0.29, 0.717) is 11.3 Å². The van der Waals surface area contributed by atoms with Gasteiger partial charge in [-0.3, -0.25) is 4.79 Å². The zero-order valence-corrected chi connectivity index (χ0v) is 11.8. The van der Waals surface area contributed by atoms with E-state index in [2.05, 4.69) is 0 Å². The third-order valence-corrected chi connectivity index (χ3v) is 5.28. The van der Waals surface area contributed by atoms with Crippen molar-refractivity contribution in [3.8, 4) is 0 Å². The van der Waals surface area contributed by atoms with Gasteiger partial charge in [-0.2, -0.15) is 4.31 Å². The van der Waals surface area contributed by atoms with Crippen molar-refractivity contribution in [2.75, 3.05) is 12.3 Å². The number of sulfonamides is 1. The van der Waals surface area contributed by atoms with Crippen LogP contribution in [-0.2, 0) is 14.8 Å². The second-order valence-corrected chi connectivity index (χ2v) is 6.79. The molecule has 1 saturated heterocycles. The molecule has 20 heavy (non-hydrogen) atoms. The fourth-order valence-corrected chi connectivity index (χ4v) is 3.98. The number of β-amino-alcohol motifs (C(OH)–C–C–N with tert-alkyl or cyclic N) is 1. The second kappa shape index (κ2) is 5.04. The number of aliphatic hydroxyl groups is 1. The van der Waals surface area contributed by atoms with E-state index in [-0.39, 0.29) is 17.9 Å². The number of hydrogen-bond acceptors (Lipinski definition) is 5. The highest BCUT2D eigenvalue weighted by molar-refractivity contribution is 7.89. The molecule has 1 fully saturated rings. The lowest BCUT2D eigenvalue weighted by molar-refractivity contribution is -0.121. The fourth-order valence-electron chi connectivity index (χ4n) is 2.25. The van der Waals surface area contributed by atoms with Crippen LogP contribution in [-0.4, -0.2) is 42.4 Å². The van der Waals surface area contributed by atoms with Crippen molar-refractivity contribution >= 4 is 21.6 Å². The SMILES string of the molecule is Cc1cc(S(=O)(=O)N2CC(O)CC2C(N)=O)ccc1N. The van der Waals surface area contributed by atoms with E-state index in [1.165, 1.54) is 18.2 Å². The van der Waals surface area contributed by atoms with Gasteiger partial charge < -0.3 is 16.6 Å². The molecule has 7 nitrogen and oxygen atoms in total. The molecule has 2 atom stereocenters. The average Bonchev–Trinajstić information content (AvgIpc) is 2.75. The number of rotatable bonds is 3. The number of anilines is 1. The molecule has 1 heterocycles. The number of aryl methyl sites for hydroxylation is 1. The Balaban J connectivity index is 2.43. The van der Waals surface area contributed by atoms with Gasteiger partial charge in [-0.05, 0) is 30.7 Å². The van der Waals surface area contributed by atoms with E-state index in [1.54, 1.807) is 6.92 Å². The predicted molar refractivity (Wildman–Crippen MR) is 73.1 cm³/mol. The molecule has 0 bridgehead atoms. The Bertz CT molecular complexity index is 644. The van der Waals surface area contributed by atoms with Crippen molar-refractivity contribution < 1.29 is 18.3 Å². The van der Waals surface area contributed by atoms with Crippen LogP contribution >= 0.6 is 0 Å². The van der Waals surface area contributed by atoms with Gasteiger partial charge in [0, 0.05) is 18.7 Å². The van der Waals surface area contributed by atoms with E-state index < -0.39 is 28.1 Å². The summed E-state index contributed by atoms with van der Waals surface area (Å²) in [6.07, 6.45) is -0.875. The number of nitrogens with two attached hydrogens (primary N) is 2. The number of nitrogen functional groups attached to an aromatic ring is 1. The normalized spacial score (nSPS) is 23.9. The lowest BCUT2D eigenvalue weighted by Gasteiger charge is -2.21. The Morgan fingerprint density at radius 1 is 1.45 bits per heavy atom. The molecule has 1 aliphatic rings. The minimum atomic E-state index is -3.89. The third kappa shape index (κ3) is 2.49. The number of hydrogen-bond donors (Lipinski definition) is 3. The average molecular weight is 299 g/mol. The summed E-state index contributed by atoms with van der Waals surface area (Å²) in [5.74, 6) is -0.766. The van der Waals surface area contributed by atoms with E-state index >= 15 is 0 Å². The summed E-state index contributed by atoms with van der Waals surface area (Å²) >= 11 is 0. The van der Waals surface area contributed by atoms with Crippen molar-refractivity contribution in [1.29, 1.82) is 0 Å². The predicted octanol–water partition coefficient (Wildman–Crippen LogP) is -0.814. The van der Waals surface area contributed by atoms with Crippen LogP contribution < -0.4 is 11.5 Å². The van der Waals surface area contributed by atoms with Crippen molar-refractivity contribution in [2.45, 2.75) is 30.4 Å². The topological polar surface area (TPSA) is 127 Å². The van der Waals surface area contributed by atoms with Crippen LogP contribution in [0.5, 0.6) is 0 Å². The molecular formula is C12H17N3O4S. The Hall–Kier alpha value is -1.64. The molecule has 0 saturated carbocycles. The van der Waals surface area contributed by atoms with Gasteiger partial charge in [0.25, 0.3) is 0 Å². The lowest BCUT2D eigenvalue weighted by atomic mass is 10.2. The second-order valence-electron chi connectivity index (χ2n) is 4.90. The lowest BCUT2D eigenvalue weighted by Crippen LogP contribution is -2.43. The van der Waals surface area contributed by atoms with Crippen molar-refractivity contribution in [3.05, 3.63) is 23.8 Å². The first kappa shape index (κ1) is 14.8. The molecule has 1 aliphatic heterocycles.